The quantitative estimate of drug-likeness (QED) is 0.368. The Morgan fingerprint density at radius 1 is 0.862 bits per heavy atom. The third-order valence-corrected chi connectivity index (χ3v) is 4.19. The van der Waals surface area contributed by atoms with Crippen LogP contribution in [0.3, 0.4) is 0 Å². The molecule has 0 aliphatic carbocycles. The lowest BCUT2D eigenvalue weighted by molar-refractivity contribution is 0.215. The van der Waals surface area contributed by atoms with Crippen LogP contribution < -0.4 is 15.4 Å². The van der Waals surface area contributed by atoms with E-state index in [0.29, 0.717) is 23.5 Å². The maximum absolute atomic E-state index is 12.2. The highest BCUT2D eigenvalue weighted by Crippen LogP contribution is 2.22. The summed E-state index contributed by atoms with van der Waals surface area (Å²) in [5.41, 5.74) is 3.04. The molecule has 0 radical (unpaired) electrons. The molecule has 0 aliphatic rings. The minimum absolute atomic E-state index is 0.320. The zero-order valence-corrected chi connectivity index (χ0v) is 15.0. The summed E-state index contributed by atoms with van der Waals surface area (Å²) in [5, 5.41) is 5.68. The monoisotopic (exact) mass is 385 g/mol. The third kappa shape index (κ3) is 3.56. The summed E-state index contributed by atoms with van der Waals surface area (Å²) in [5.74, 6) is 1.91. The fraction of sp³-hybridized carbons (Fsp3) is 0. The molecule has 2 aromatic carbocycles. The van der Waals surface area contributed by atoms with Gasteiger partial charge in [0, 0.05) is 12.3 Å². The number of aromatic nitrogens is 5. The van der Waals surface area contributed by atoms with Crippen LogP contribution in [0, 0.1) is 0 Å². The van der Waals surface area contributed by atoms with Crippen LogP contribution in [0.2, 0.25) is 0 Å². The number of pyridine rings is 1. The highest BCUT2D eigenvalue weighted by atomic mass is 16.6. The normalized spacial score (nSPS) is 10.9. The van der Waals surface area contributed by atoms with E-state index in [1.807, 2.05) is 42.5 Å². The van der Waals surface area contributed by atoms with Gasteiger partial charge in [0.05, 0.1) is 22.1 Å². The molecule has 9 nitrogen and oxygen atoms in total. The molecule has 5 rings (SSSR count). The van der Waals surface area contributed by atoms with Crippen LogP contribution in [-0.2, 0) is 0 Å². The minimum atomic E-state index is -0.644. The Balaban J connectivity index is 1.30. The number of carbonyl (C=O) groups excluding carboxylic acids is 1. The molecule has 3 aromatic heterocycles. The van der Waals surface area contributed by atoms with Gasteiger partial charge in [-0.1, -0.05) is 18.2 Å². The van der Waals surface area contributed by atoms with Gasteiger partial charge in [-0.15, -0.1) is 0 Å². The average molecular weight is 385 g/mol. The number of imidazole rings is 2. The molecule has 0 unspecified atom stereocenters. The van der Waals surface area contributed by atoms with Crippen molar-refractivity contribution in [3.8, 4) is 5.75 Å². The van der Waals surface area contributed by atoms with Gasteiger partial charge in [0.15, 0.2) is 0 Å². The summed E-state index contributed by atoms with van der Waals surface area (Å²) in [6.45, 7) is 0. The Morgan fingerprint density at radius 2 is 1.66 bits per heavy atom. The molecule has 29 heavy (non-hydrogen) atoms. The minimum Gasteiger partial charge on any atom is -0.410 e. The first kappa shape index (κ1) is 16.8. The van der Waals surface area contributed by atoms with Crippen molar-refractivity contribution in [3.05, 3.63) is 66.9 Å². The van der Waals surface area contributed by atoms with Crippen molar-refractivity contribution in [2.75, 3.05) is 10.6 Å². The second kappa shape index (κ2) is 6.97. The Hall–Kier alpha value is -4.40. The van der Waals surface area contributed by atoms with E-state index in [1.54, 1.807) is 24.4 Å². The number of para-hydroxylation sites is 2. The van der Waals surface area contributed by atoms with E-state index in [0.717, 1.165) is 22.1 Å². The first-order chi connectivity index (χ1) is 14.2. The topological polar surface area (TPSA) is 121 Å². The van der Waals surface area contributed by atoms with Crippen LogP contribution in [0.15, 0.2) is 66.9 Å². The molecule has 0 saturated heterocycles. The number of anilines is 3. The molecule has 0 fully saturated rings. The molecule has 142 valence electrons. The van der Waals surface area contributed by atoms with E-state index in [4.69, 9.17) is 4.74 Å². The van der Waals surface area contributed by atoms with Crippen molar-refractivity contribution in [3.63, 3.8) is 0 Å². The Kier molecular flexibility index (Phi) is 4.02. The van der Waals surface area contributed by atoms with E-state index in [-0.39, 0.29) is 0 Å². The van der Waals surface area contributed by atoms with Crippen molar-refractivity contribution < 1.29 is 9.53 Å². The van der Waals surface area contributed by atoms with Gasteiger partial charge in [0.25, 0.3) is 0 Å². The number of benzene rings is 2. The maximum atomic E-state index is 12.2. The maximum Gasteiger partial charge on any atom is 0.419 e. The molecule has 0 aliphatic heterocycles. The van der Waals surface area contributed by atoms with Gasteiger partial charge in [-0.2, -0.15) is 0 Å². The third-order valence-electron chi connectivity index (χ3n) is 4.19. The van der Waals surface area contributed by atoms with Gasteiger partial charge >= 0.3 is 6.09 Å². The molecule has 5 aromatic rings. The van der Waals surface area contributed by atoms with Crippen molar-refractivity contribution in [1.82, 2.24) is 24.9 Å². The van der Waals surface area contributed by atoms with E-state index >= 15 is 0 Å². The summed E-state index contributed by atoms with van der Waals surface area (Å²) >= 11 is 0. The van der Waals surface area contributed by atoms with Crippen LogP contribution in [0.5, 0.6) is 5.75 Å². The molecule has 9 heteroatoms. The number of H-pyrrole nitrogens is 2. The van der Waals surface area contributed by atoms with Gasteiger partial charge in [0.1, 0.15) is 11.6 Å². The number of hydrogen-bond donors (Lipinski definition) is 4. The van der Waals surface area contributed by atoms with Crippen LogP contribution in [0.25, 0.3) is 22.1 Å². The van der Waals surface area contributed by atoms with Gasteiger partial charge in [0.2, 0.25) is 11.9 Å². The van der Waals surface area contributed by atoms with Crippen molar-refractivity contribution in [2.24, 2.45) is 0 Å². The van der Waals surface area contributed by atoms with Gasteiger partial charge in [-0.05, 0) is 36.4 Å². The van der Waals surface area contributed by atoms with E-state index < -0.39 is 6.09 Å². The predicted molar refractivity (Wildman–Crippen MR) is 109 cm³/mol. The van der Waals surface area contributed by atoms with Crippen LogP contribution >= 0.6 is 0 Å². The zero-order chi connectivity index (χ0) is 19.6. The standard InChI is InChI=1S/C20H15N7O2/c28-20(27-19-22-13-5-1-2-6-14(13)23-19)29-12-8-9-15-16(11-12)25-18(24-15)26-17-7-3-4-10-21-17/h1-11H,(H2,21,24,25,26)(H2,22,23,27,28). The summed E-state index contributed by atoms with van der Waals surface area (Å²) in [6.07, 6.45) is 1.05. The fourth-order valence-corrected chi connectivity index (χ4v) is 2.91. The fourth-order valence-electron chi connectivity index (χ4n) is 2.91. The van der Waals surface area contributed by atoms with Crippen molar-refractivity contribution >= 4 is 45.9 Å². The van der Waals surface area contributed by atoms with Gasteiger partial charge < -0.3 is 20.0 Å². The molecule has 1 amide bonds. The first-order valence-electron chi connectivity index (χ1n) is 8.84. The SMILES string of the molecule is O=C(Nc1nc2ccccc2[nH]1)Oc1ccc2nc(Nc3ccccn3)[nH]c2c1. The smallest absolute Gasteiger partial charge is 0.410 e. The number of carbonyl (C=O) groups is 1. The molecule has 0 spiro atoms. The molecule has 3 heterocycles. The lowest BCUT2D eigenvalue weighted by Gasteiger charge is -2.04. The van der Waals surface area contributed by atoms with Crippen LogP contribution in [-0.4, -0.2) is 31.0 Å². The molecule has 0 bridgehead atoms. The summed E-state index contributed by atoms with van der Waals surface area (Å²) < 4.78 is 5.36. The highest BCUT2D eigenvalue weighted by molar-refractivity contribution is 5.88. The largest absolute Gasteiger partial charge is 0.419 e. The van der Waals surface area contributed by atoms with Gasteiger partial charge in [-0.25, -0.2) is 19.7 Å². The Labute approximate surface area is 164 Å². The summed E-state index contributed by atoms with van der Waals surface area (Å²) in [7, 11) is 0. The van der Waals surface area contributed by atoms with Crippen LogP contribution in [0.1, 0.15) is 0 Å². The molecular formula is C20H15N7O2. The number of amides is 1. The van der Waals surface area contributed by atoms with Crippen LogP contribution in [0.4, 0.5) is 22.5 Å². The second-order valence-electron chi connectivity index (χ2n) is 6.22. The van der Waals surface area contributed by atoms with E-state index in [1.165, 1.54) is 0 Å². The molecule has 4 N–H and O–H groups in total. The van der Waals surface area contributed by atoms with Crippen molar-refractivity contribution in [1.29, 1.82) is 0 Å². The van der Waals surface area contributed by atoms with E-state index in [2.05, 4.69) is 35.6 Å². The number of nitrogens with one attached hydrogen (secondary N) is 4. The highest BCUT2D eigenvalue weighted by Gasteiger charge is 2.11. The van der Waals surface area contributed by atoms with E-state index in [9.17, 15) is 4.79 Å². The number of aromatic amines is 2. The summed E-state index contributed by atoms with van der Waals surface area (Å²) in [6, 6.07) is 18.2. The number of ether oxygens (including phenoxy) is 1. The zero-order valence-electron chi connectivity index (χ0n) is 15.0. The lowest BCUT2D eigenvalue weighted by atomic mass is 10.3. The molecule has 0 saturated carbocycles. The molecular weight excluding hydrogens is 370 g/mol. The lowest BCUT2D eigenvalue weighted by Crippen LogP contribution is -2.17. The predicted octanol–water partition coefficient (Wildman–Crippen LogP) is 4.19. The Bertz CT molecular complexity index is 1280. The number of rotatable bonds is 4. The van der Waals surface area contributed by atoms with Gasteiger partial charge in [-0.3, -0.25) is 5.32 Å². The average Bonchev–Trinajstić information content (AvgIpc) is 3.30. The summed E-state index contributed by atoms with van der Waals surface area (Å²) in [4.78, 5) is 31.3. The van der Waals surface area contributed by atoms with Crippen molar-refractivity contribution in [2.45, 2.75) is 0 Å². The Morgan fingerprint density at radius 3 is 2.52 bits per heavy atom. The number of fused-ring (bicyclic) bond motifs is 2. The first-order valence-corrected chi connectivity index (χ1v) is 8.84. The second-order valence-corrected chi connectivity index (χ2v) is 6.22. The number of nitrogens with zero attached hydrogens (tertiary/aromatic N) is 3. The molecule has 0 atom stereocenters. The number of hydrogen-bond acceptors (Lipinski definition) is 6.